The monoisotopic (exact) mass is 382 g/mol. The molecule has 1 N–H and O–H groups in total. The minimum Gasteiger partial charge on any atom is -0.481 e. The largest absolute Gasteiger partial charge is 0.481 e. The molecule has 3 nitrogen and oxygen atoms in total. The fraction of sp³-hybridized carbons (Fsp3) is 0.955. The first-order valence-corrected chi connectivity index (χ1v) is 13.7. The third-order valence-corrected chi connectivity index (χ3v) is 12.6. The van der Waals surface area contributed by atoms with Crippen LogP contribution in [0.15, 0.2) is 0 Å². The highest BCUT2D eigenvalue weighted by Gasteiger charge is 2.54. The molecule has 2 rings (SSSR count). The minimum atomic E-state index is -1.73. The van der Waals surface area contributed by atoms with Crippen molar-refractivity contribution in [1.82, 2.24) is 0 Å². The zero-order valence-corrected chi connectivity index (χ0v) is 19.2. The Morgan fingerprint density at radius 3 is 2.50 bits per heavy atom. The fourth-order valence-corrected chi connectivity index (χ4v) is 6.96. The molecular formula is C22H42O3Si. The van der Waals surface area contributed by atoms with Crippen molar-refractivity contribution in [3.63, 3.8) is 0 Å². The molecule has 0 saturated heterocycles. The molecule has 2 aliphatic carbocycles. The van der Waals surface area contributed by atoms with Gasteiger partial charge in [0, 0.05) is 12.5 Å². The molecule has 2 saturated carbocycles. The van der Waals surface area contributed by atoms with Crippen LogP contribution in [0, 0.1) is 23.2 Å². The van der Waals surface area contributed by atoms with Crippen molar-refractivity contribution in [1.29, 1.82) is 0 Å². The van der Waals surface area contributed by atoms with Crippen molar-refractivity contribution in [3.05, 3.63) is 0 Å². The van der Waals surface area contributed by atoms with Crippen molar-refractivity contribution in [2.24, 2.45) is 23.2 Å². The molecule has 2 fully saturated rings. The molecule has 0 amide bonds. The first-order valence-electron chi connectivity index (χ1n) is 10.8. The normalized spacial score (nSPS) is 33.7. The molecule has 4 heteroatoms. The molecule has 0 bridgehead atoms. The van der Waals surface area contributed by atoms with Crippen LogP contribution in [0.25, 0.3) is 0 Å². The first kappa shape index (κ1) is 21.9. The predicted molar refractivity (Wildman–Crippen MR) is 111 cm³/mol. The summed E-state index contributed by atoms with van der Waals surface area (Å²) in [6.45, 7) is 16.7. The fourth-order valence-electron chi connectivity index (χ4n) is 5.57. The van der Waals surface area contributed by atoms with Crippen molar-refractivity contribution in [3.8, 4) is 0 Å². The molecule has 0 radical (unpaired) electrons. The number of hydrogen-bond acceptors (Lipinski definition) is 2. The van der Waals surface area contributed by atoms with Crippen LogP contribution < -0.4 is 0 Å². The molecule has 0 unspecified atom stereocenters. The van der Waals surface area contributed by atoms with E-state index in [2.05, 4.69) is 47.7 Å². The smallest absolute Gasteiger partial charge is 0.303 e. The number of aliphatic carboxylic acids is 1. The third-order valence-electron chi connectivity index (χ3n) is 8.12. The highest BCUT2D eigenvalue weighted by molar-refractivity contribution is 6.74. The highest BCUT2D eigenvalue weighted by atomic mass is 28.4. The average molecular weight is 383 g/mol. The van der Waals surface area contributed by atoms with E-state index in [1.807, 2.05) is 0 Å². The Bertz CT molecular complexity index is 496. The van der Waals surface area contributed by atoms with Gasteiger partial charge in [-0.15, -0.1) is 0 Å². The van der Waals surface area contributed by atoms with E-state index >= 15 is 0 Å². The second kappa shape index (κ2) is 7.95. The Morgan fingerprint density at radius 1 is 1.27 bits per heavy atom. The molecule has 152 valence electrons. The van der Waals surface area contributed by atoms with E-state index in [0.29, 0.717) is 29.8 Å². The maximum atomic E-state index is 10.8. The van der Waals surface area contributed by atoms with Gasteiger partial charge in [-0.3, -0.25) is 4.79 Å². The van der Waals surface area contributed by atoms with Crippen LogP contribution in [0.4, 0.5) is 0 Å². The van der Waals surface area contributed by atoms with Crippen molar-refractivity contribution < 1.29 is 14.3 Å². The second-order valence-corrected chi connectivity index (χ2v) is 15.6. The Hall–Kier alpha value is -0.353. The van der Waals surface area contributed by atoms with Crippen molar-refractivity contribution in [2.45, 2.75) is 110 Å². The third kappa shape index (κ3) is 4.55. The van der Waals surface area contributed by atoms with E-state index in [1.54, 1.807) is 0 Å². The molecule has 2 aliphatic rings. The van der Waals surface area contributed by atoms with Gasteiger partial charge in [0.1, 0.15) is 0 Å². The summed E-state index contributed by atoms with van der Waals surface area (Å²) in [5.41, 5.74) is 0.383. The summed E-state index contributed by atoms with van der Waals surface area (Å²) in [6.07, 6.45) is 9.04. The average Bonchev–Trinajstić information content (AvgIpc) is 2.83. The highest BCUT2D eigenvalue weighted by Crippen LogP contribution is 2.59. The summed E-state index contributed by atoms with van der Waals surface area (Å²) in [5.74, 6) is 1.38. The van der Waals surface area contributed by atoms with E-state index in [9.17, 15) is 4.79 Å². The van der Waals surface area contributed by atoms with E-state index in [0.717, 1.165) is 18.8 Å². The van der Waals surface area contributed by atoms with Crippen LogP contribution in [0.5, 0.6) is 0 Å². The van der Waals surface area contributed by atoms with Crippen LogP contribution in [0.3, 0.4) is 0 Å². The quantitative estimate of drug-likeness (QED) is 0.512. The number of rotatable bonds is 7. The van der Waals surface area contributed by atoms with Crippen molar-refractivity contribution >= 4 is 14.3 Å². The summed E-state index contributed by atoms with van der Waals surface area (Å²) in [6, 6.07) is 0. The van der Waals surface area contributed by atoms with E-state index in [1.165, 1.54) is 32.1 Å². The Labute approximate surface area is 162 Å². The van der Waals surface area contributed by atoms with E-state index in [-0.39, 0.29) is 5.04 Å². The molecule has 0 aliphatic heterocycles. The van der Waals surface area contributed by atoms with Crippen LogP contribution >= 0.6 is 0 Å². The summed E-state index contributed by atoms with van der Waals surface area (Å²) < 4.78 is 6.92. The van der Waals surface area contributed by atoms with Crippen LogP contribution in [-0.2, 0) is 9.22 Å². The lowest BCUT2D eigenvalue weighted by atomic mass is 9.61. The Morgan fingerprint density at radius 2 is 1.92 bits per heavy atom. The van der Waals surface area contributed by atoms with Gasteiger partial charge < -0.3 is 9.53 Å². The van der Waals surface area contributed by atoms with Gasteiger partial charge >= 0.3 is 5.97 Å². The molecule has 26 heavy (non-hydrogen) atoms. The zero-order valence-electron chi connectivity index (χ0n) is 18.2. The Balaban J connectivity index is 2.06. The van der Waals surface area contributed by atoms with E-state index in [4.69, 9.17) is 9.53 Å². The Kier molecular flexibility index (Phi) is 6.71. The van der Waals surface area contributed by atoms with Crippen LogP contribution in [0.2, 0.25) is 18.1 Å². The number of fused-ring (bicyclic) bond motifs is 1. The number of hydrogen-bond donors (Lipinski definition) is 1. The lowest BCUT2D eigenvalue weighted by molar-refractivity contribution is -0.137. The van der Waals surface area contributed by atoms with E-state index < -0.39 is 14.3 Å². The molecule has 0 spiro atoms. The minimum absolute atomic E-state index is 0.267. The topological polar surface area (TPSA) is 46.5 Å². The van der Waals surface area contributed by atoms with Crippen LogP contribution in [0.1, 0.15) is 86.0 Å². The van der Waals surface area contributed by atoms with Gasteiger partial charge in [0.2, 0.25) is 0 Å². The molecule has 0 aromatic rings. The lowest BCUT2D eigenvalue weighted by Gasteiger charge is -2.50. The van der Waals surface area contributed by atoms with Crippen LogP contribution in [-0.4, -0.2) is 25.5 Å². The number of carboxylic acids is 1. The summed E-state index contributed by atoms with van der Waals surface area (Å²) in [7, 11) is -1.73. The second-order valence-electron chi connectivity index (χ2n) is 10.9. The van der Waals surface area contributed by atoms with Gasteiger partial charge in [-0.1, -0.05) is 41.0 Å². The predicted octanol–water partition coefficient (Wildman–Crippen LogP) is 6.48. The molecule has 0 heterocycles. The number of carboxylic acid groups (broad SMARTS) is 1. The van der Waals surface area contributed by atoms with Gasteiger partial charge in [-0.2, -0.15) is 0 Å². The maximum Gasteiger partial charge on any atom is 0.303 e. The molecule has 0 aromatic carbocycles. The summed E-state index contributed by atoms with van der Waals surface area (Å²) in [4.78, 5) is 10.8. The summed E-state index contributed by atoms with van der Waals surface area (Å²) >= 11 is 0. The molecular weight excluding hydrogens is 340 g/mol. The molecule has 0 aromatic heterocycles. The maximum absolute atomic E-state index is 10.8. The lowest BCUT2D eigenvalue weighted by Crippen LogP contribution is -2.50. The van der Waals surface area contributed by atoms with Gasteiger partial charge in [0.05, 0.1) is 0 Å². The SMILES string of the molecule is C[C@H](CCCC(=O)O)[C@H]1CC[C@H]2[C@@H](O[Si](C)(C)C(C)(C)C)CCC[C@]12C. The summed E-state index contributed by atoms with van der Waals surface area (Å²) in [5, 5.41) is 9.19. The first-order chi connectivity index (χ1) is 11.9. The van der Waals surface area contributed by atoms with Crippen molar-refractivity contribution in [2.75, 3.05) is 0 Å². The van der Waals surface area contributed by atoms with Gasteiger partial charge in [-0.25, -0.2) is 0 Å². The zero-order chi connectivity index (χ0) is 19.8. The standard InChI is InChI=1S/C22H42O3Si/c1-16(10-8-12-20(23)24)17-13-14-18-19(11-9-15-22(17,18)5)25-26(6,7)21(2,3)4/h16-19H,8-15H2,1-7H3,(H,23,24)/t16-,17-,18+,19+,22-/m1/s1. The molecule has 5 atom stereocenters. The van der Waals surface area contributed by atoms with Gasteiger partial charge in [0.15, 0.2) is 8.32 Å². The van der Waals surface area contributed by atoms with Gasteiger partial charge in [-0.05, 0) is 79.8 Å². The number of carbonyl (C=O) groups is 1. The van der Waals surface area contributed by atoms with Gasteiger partial charge in [0.25, 0.3) is 0 Å².